The Morgan fingerprint density at radius 2 is 2.06 bits per heavy atom. The van der Waals surface area contributed by atoms with Crippen molar-refractivity contribution in [3.8, 4) is 0 Å². The number of hydrogen-bond donors (Lipinski definition) is 1. The van der Waals surface area contributed by atoms with Crippen LogP contribution in [0.25, 0.3) is 0 Å². The Labute approximate surface area is 106 Å². The molecule has 0 amide bonds. The van der Waals surface area contributed by atoms with Crippen molar-refractivity contribution in [1.82, 2.24) is 0 Å². The summed E-state index contributed by atoms with van der Waals surface area (Å²) in [4.78, 5) is 4.37. The van der Waals surface area contributed by atoms with Gasteiger partial charge in [-0.15, -0.1) is 0 Å². The number of nitrogens with two attached hydrogens (primary N) is 1. The van der Waals surface area contributed by atoms with Crippen molar-refractivity contribution in [1.29, 1.82) is 0 Å². The lowest BCUT2D eigenvalue weighted by atomic mass is 10.2. The van der Waals surface area contributed by atoms with Crippen LogP contribution in [0.5, 0.6) is 0 Å². The van der Waals surface area contributed by atoms with E-state index >= 15 is 0 Å². The van der Waals surface area contributed by atoms with Crippen LogP contribution in [0, 0.1) is 0 Å². The minimum atomic E-state index is -2.91. The third-order valence-electron chi connectivity index (χ3n) is 3.23. The smallest absolute Gasteiger partial charge is 0.391 e. The first-order valence-electron chi connectivity index (χ1n) is 5.93. The van der Waals surface area contributed by atoms with Gasteiger partial charge in [0, 0.05) is 0 Å². The molecule has 0 aromatic heterocycles. The monoisotopic (exact) mass is 267 g/mol. The number of amidine groups is 1. The molecule has 3 rings (SSSR count). The van der Waals surface area contributed by atoms with E-state index in [0.717, 1.165) is 5.56 Å². The molecular weight excluding hydrogens is 252 g/mol. The zero-order valence-electron chi connectivity index (χ0n) is 9.82. The van der Waals surface area contributed by atoms with Crippen LogP contribution in [0.4, 0.5) is 0 Å². The molecule has 6 heteroatoms. The van der Waals surface area contributed by atoms with Gasteiger partial charge in [0.05, 0.1) is 12.3 Å². The van der Waals surface area contributed by atoms with E-state index in [0.29, 0.717) is 12.6 Å². The average molecular weight is 267 g/mol. The molecule has 2 saturated heterocycles. The third-order valence-corrected chi connectivity index (χ3v) is 4.96. The summed E-state index contributed by atoms with van der Waals surface area (Å²) in [7, 11) is -2.91. The fourth-order valence-corrected chi connectivity index (χ4v) is 4.19. The van der Waals surface area contributed by atoms with Gasteiger partial charge in [0.2, 0.25) is 0 Å². The van der Waals surface area contributed by atoms with E-state index in [1.807, 2.05) is 35.6 Å². The number of fused-ring (bicyclic) bond motifs is 1. The number of hydrogen-bond acceptors (Lipinski definition) is 4. The number of sulfone groups is 1. The molecule has 2 N–H and O–H groups in total. The maximum atomic E-state index is 11.4. The van der Waals surface area contributed by atoms with Gasteiger partial charge in [-0.25, -0.2) is 8.42 Å². The molecule has 1 aromatic carbocycles. The Kier molecular flexibility index (Phi) is 2.83. The number of ether oxygens (including phenoxy) is 1. The fourth-order valence-electron chi connectivity index (χ4n) is 2.34. The van der Waals surface area contributed by atoms with E-state index in [2.05, 4.69) is 4.99 Å². The largest absolute Gasteiger partial charge is 0.426 e. The highest BCUT2D eigenvalue weighted by Crippen LogP contribution is 2.16. The van der Waals surface area contributed by atoms with Crippen molar-refractivity contribution >= 4 is 15.9 Å². The molecule has 96 valence electrons. The Morgan fingerprint density at radius 1 is 1.28 bits per heavy atom. The second-order valence-electron chi connectivity index (χ2n) is 4.70. The Hall–Kier alpha value is -1.40. The molecule has 2 fully saturated rings. The van der Waals surface area contributed by atoms with E-state index in [4.69, 9.17) is 4.74 Å². The van der Waals surface area contributed by atoms with Gasteiger partial charge in [-0.3, -0.25) is 5.32 Å². The highest BCUT2D eigenvalue weighted by atomic mass is 32.2. The Bertz CT molecular complexity index is 546. The van der Waals surface area contributed by atoms with Crippen LogP contribution in [-0.4, -0.2) is 38.1 Å². The minimum Gasteiger partial charge on any atom is -0.426 e. The Morgan fingerprint density at radius 3 is 2.78 bits per heavy atom. The second kappa shape index (κ2) is 4.37. The van der Waals surface area contributed by atoms with Gasteiger partial charge in [0.15, 0.2) is 15.9 Å². The van der Waals surface area contributed by atoms with Crippen molar-refractivity contribution in [3.05, 3.63) is 35.9 Å². The first-order chi connectivity index (χ1) is 8.62. The lowest BCUT2D eigenvalue weighted by Gasteiger charge is -1.99. The summed E-state index contributed by atoms with van der Waals surface area (Å²) < 4.78 is 28.3. The van der Waals surface area contributed by atoms with Gasteiger partial charge in [-0.2, -0.15) is 4.99 Å². The molecule has 0 unspecified atom stereocenters. The summed E-state index contributed by atoms with van der Waals surface area (Å²) in [6.07, 6.45) is -0.218. The van der Waals surface area contributed by atoms with Gasteiger partial charge in [-0.1, -0.05) is 30.3 Å². The summed E-state index contributed by atoms with van der Waals surface area (Å²) in [6.45, 7) is 0.568. The molecule has 5 nitrogen and oxygen atoms in total. The van der Waals surface area contributed by atoms with E-state index in [1.165, 1.54) is 0 Å². The van der Waals surface area contributed by atoms with Gasteiger partial charge >= 0.3 is 6.02 Å². The van der Waals surface area contributed by atoms with Crippen molar-refractivity contribution in [2.45, 2.75) is 18.7 Å². The fraction of sp³-hybridized carbons (Fsp3) is 0.417. The minimum absolute atomic E-state index is 0.00970. The van der Waals surface area contributed by atoms with Crippen LogP contribution >= 0.6 is 0 Å². The maximum Gasteiger partial charge on any atom is 0.391 e. The highest BCUT2D eigenvalue weighted by molar-refractivity contribution is 7.91. The number of benzene rings is 1. The number of quaternary nitrogens is 1. The molecule has 18 heavy (non-hydrogen) atoms. The topological polar surface area (TPSA) is 72.3 Å². The first kappa shape index (κ1) is 11.7. The first-order valence-corrected chi connectivity index (χ1v) is 7.75. The molecule has 0 bridgehead atoms. The zero-order chi connectivity index (χ0) is 12.6. The van der Waals surface area contributed by atoms with Crippen molar-refractivity contribution in [2.75, 3.05) is 11.5 Å². The summed E-state index contributed by atoms with van der Waals surface area (Å²) in [5.41, 5.74) is 1.12. The van der Waals surface area contributed by atoms with Crippen LogP contribution < -0.4 is 5.32 Å². The SMILES string of the molecule is O=S1(=O)C[C@H]2[NH2+]C(=NCc3ccccc3)O[C@@H]2C1. The van der Waals surface area contributed by atoms with Gasteiger partial charge in [0.1, 0.15) is 11.8 Å². The molecule has 0 aliphatic carbocycles. The molecule has 2 atom stereocenters. The quantitative estimate of drug-likeness (QED) is 0.770. The third kappa shape index (κ3) is 2.39. The molecule has 0 spiro atoms. The maximum absolute atomic E-state index is 11.4. The van der Waals surface area contributed by atoms with Crippen molar-refractivity contribution in [2.24, 2.45) is 4.99 Å². The molecule has 2 aliphatic rings. The predicted molar refractivity (Wildman–Crippen MR) is 66.8 cm³/mol. The average Bonchev–Trinajstić information content (AvgIpc) is 2.81. The van der Waals surface area contributed by atoms with E-state index in [9.17, 15) is 8.42 Å². The van der Waals surface area contributed by atoms with Gasteiger partial charge < -0.3 is 4.74 Å². The summed E-state index contributed by atoms with van der Waals surface area (Å²) in [6, 6.07) is 10.5. The lowest BCUT2D eigenvalue weighted by Crippen LogP contribution is -2.91. The van der Waals surface area contributed by atoms with E-state index < -0.39 is 9.84 Å². The lowest BCUT2D eigenvalue weighted by molar-refractivity contribution is -0.565. The summed E-state index contributed by atoms with van der Waals surface area (Å²) in [5.74, 6) is 0.320. The number of rotatable bonds is 2. The molecule has 2 aliphatic heterocycles. The Balaban J connectivity index is 1.64. The summed E-state index contributed by atoms with van der Waals surface area (Å²) in [5, 5.41) is 1.85. The van der Waals surface area contributed by atoms with Crippen LogP contribution in [0.2, 0.25) is 0 Å². The molecule has 0 radical (unpaired) electrons. The highest BCUT2D eigenvalue weighted by Gasteiger charge is 2.48. The summed E-state index contributed by atoms with van der Waals surface area (Å²) >= 11 is 0. The van der Waals surface area contributed by atoms with Crippen LogP contribution in [-0.2, 0) is 21.1 Å². The standard InChI is InChI=1S/C12H14N2O3S/c15-18(16)7-10-11(8-18)17-12(14-10)13-6-9-4-2-1-3-5-9/h1-5,10-11H,6-8H2,(H,13,14)/p+1/t10-,11-/m1/s1. The molecule has 0 saturated carbocycles. The van der Waals surface area contributed by atoms with Gasteiger partial charge in [-0.05, 0) is 5.56 Å². The van der Waals surface area contributed by atoms with E-state index in [1.54, 1.807) is 0 Å². The predicted octanol–water partition coefficient (Wildman–Crippen LogP) is -0.698. The van der Waals surface area contributed by atoms with Crippen LogP contribution in [0.15, 0.2) is 35.3 Å². The molecule has 1 aromatic rings. The van der Waals surface area contributed by atoms with Gasteiger partial charge in [0.25, 0.3) is 0 Å². The van der Waals surface area contributed by atoms with Crippen LogP contribution in [0.1, 0.15) is 5.56 Å². The zero-order valence-corrected chi connectivity index (χ0v) is 10.6. The molecular formula is C12H15N2O3S+. The van der Waals surface area contributed by atoms with Crippen molar-refractivity contribution in [3.63, 3.8) is 0 Å². The van der Waals surface area contributed by atoms with E-state index in [-0.39, 0.29) is 23.7 Å². The normalized spacial score (nSPS) is 31.2. The van der Waals surface area contributed by atoms with Crippen molar-refractivity contribution < 1.29 is 18.5 Å². The number of aliphatic imine (C=N–C) groups is 1. The molecule has 2 heterocycles. The van der Waals surface area contributed by atoms with Crippen LogP contribution in [0.3, 0.4) is 0 Å². The second-order valence-corrected chi connectivity index (χ2v) is 6.86. The number of nitrogens with zero attached hydrogens (tertiary/aromatic N) is 1.